The van der Waals surface area contributed by atoms with Crippen molar-refractivity contribution in [1.29, 1.82) is 0 Å². The van der Waals surface area contributed by atoms with E-state index in [0.717, 1.165) is 5.56 Å². The van der Waals surface area contributed by atoms with Gasteiger partial charge in [-0.25, -0.2) is 9.67 Å². The highest BCUT2D eigenvalue weighted by Crippen LogP contribution is 2.26. The molecule has 0 fully saturated rings. The van der Waals surface area contributed by atoms with E-state index in [1.165, 1.54) is 10.7 Å². The number of halogens is 2. The van der Waals surface area contributed by atoms with E-state index < -0.39 is 23.6 Å². The van der Waals surface area contributed by atoms with Crippen molar-refractivity contribution in [2.75, 3.05) is 0 Å². The number of carbonyl (C=O) groups is 3. The monoisotopic (exact) mass is 536 g/mol. The normalized spacial score (nSPS) is 11.6. The number of nitrogens with one attached hydrogen (secondary N) is 1. The third kappa shape index (κ3) is 6.03. The quantitative estimate of drug-likeness (QED) is 0.280. The van der Waals surface area contributed by atoms with Crippen molar-refractivity contribution in [3.63, 3.8) is 0 Å². The first-order valence-corrected chi connectivity index (χ1v) is 11.9. The Balaban J connectivity index is 1.65. The summed E-state index contributed by atoms with van der Waals surface area (Å²) >= 11 is 12.4. The first-order chi connectivity index (χ1) is 17.7. The van der Waals surface area contributed by atoms with Gasteiger partial charge in [-0.15, -0.1) is 5.10 Å². The minimum atomic E-state index is -0.875. The number of primary amides is 1. The lowest BCUT2D eigenvalue weighted by molar-refractivity contribution is -0.122. The fraction of sp³-hybridized carbons (Fsp3) is 0.115. The van der Waals surface area contributed by atoms with Gasteiger partial charge in [0.05, 0.1) is 23.3 Å². The van der Waals surface area contributed by atoms with E-state index in [1.807, 2.05) is 30.3 Å². The number of ketones is 1. The summed E-state index contributed by atoms with van der Waals surface area (Å²) in [6.45, 7) is -0.135. The van der Waals surface area contributed by atoms with Crippen LogP contribution in [-0.4, -0.2) is 38.4 Å². The van der Waals surface area contributed by atoms with Gasteiger partial charge in [0.1, 0.15) is 0 Å². The number of hydrogen-bond acceptors (Lipinski definition) is 6. The number of hydrogen-bond donors (Lipinski definition) is 3. The summed E-state index contributed by atoms with van der Waals surface area (Å²) in [6.07, 6.45) is 0.333. The van der Waals surface area contributed by atoms with Crippen molar-refractivity contribution < 1.29 is 14.4 Å². The highest BCUT2D eigenvalue weighted by Gasteiger charge is 2.23. The third-order valence-electron chi connectivity index (χ3n) is 5.50. The molecule has 1 atom stereocenters. The van der Waals surface area contributed by atoms with E-state index in [4.69, 9.17) is 34.7 Å². The van der Waals surface area contributed by atoms with Gasteiger partial charge in [-0.1, -0.05) is 65.7 Å². The minimum absolute atomic E-state index is 0.135. The Bertz CT molecular complexity index is 1470. The summed E-state index contributed by atoms with van der Waals surface area (Å²) in [7, 11) is 0. The maximum Gasteiger partial charge on any atom is 0.288 e. The van der Waals surface area contributed by atoms with Gasteiger partial charge < -0.3 is 16.8 Å². The second-order valence-electron chi connectivity index (χ2n) is 8.11. The predicted octanol–water partition coefficient (Wildman–Crippen LogP) is 3.09. The fourth-order valence-corrected chi connectivity index (χ4v) is 4.07. The first kappa shape index (κ1) is 26.0. The predicted molar refractivity (Wildman–Crippen MR) is 140 cm³/mol. The maximum absolute atomic E-state index is 13.4. The molecule has 0 spiro atoms. The van der Waals surface area contributed by atoms with Crippen molar-refractivity contribution in [3.05, 3.63) is 111 Å². The first-order valence-electron chi connectivity index (χ1n) is 11.2. The van der Waals surface area contributed by atoms with Crippen LogP contribution in [0, 0.1) is 0 Å². The Kier molecular flexibility index (Phi) is 7.98. The molecule has 0 bridgehead atoms. The van der Waals surface area contributed by atoms with Crippen LogP contribution in [0.2, 0.25) is 10.0 Å². The summed E-state index contributed by atoms with van der Waals surface area (Å²) in [5.41, 5.74) is 13.1. The molecule has 4 aromatic rings. The Labute approximate surface area is 222 Å². The van der Waals surface area contributed by atoms with Gasteiger partial charge >= 0.3 is 0 Å². The van der Waals surface area contributed by atoms with Gasteiger partial charge in [0, 0.05) is 16.1 Å². The maximum atomic E-state index is 13.4. The zero-order valence-corrected chi connectivity index (χ0v) is 20.9. The van der Waals surface area contributed by atoms with Crippen LogP contribution in [-0.2, 0) is 17.8 Å². The number of rotatable bonds is 9. The molecule has 5 N–H and O–H groups in total. The lowest BCUT2D eigenvalue weighted by atomic mass is 10.0. The molecular weight excluding hydrogens is 515 g/mol. The van der Waals surface area contributed by atoms with Gasteiger partial charge in [-0.3, -0.25) is 14.4 Å². The van der Waals surface area contributed by atoms with Crippen molar-refractivity contribution in [1.82, 2.24) is 20.1 Å². The summed E-state index contributed by atoms with van der Waals surface area (Å²) in [5.74, 6) is -1.85. The Morgan fingerprint density at radius 3 is 2.35 bits per heavy atom. The lowest BCUT2D eigenvalue weighted by Gasteiger charge is -2.14. The standard InChI is InChI=1S/C26H22Cl2N6O3/c27-16-10-11-21(18(13-16)23(35)17-8-4-5-9-19(17)28)34-22(32-25(33-34)24(30)36)14-31-26(37)20(29)12-15-6-2-1-3-7-15/h1-11,13,20H,12,14,29H2,(H2,30,36)(H,31,37)/t20-/m0/s1. The number of benzene rings is 3. The summed E-state index contributed by atoms with van der Waals surface area (Å²) < 4.78 is 1.27. The lowest BCUT2D eigenvalue weighted by Crippen LogP contribution is -2.42. The van der Waals surface area contributed by atoms with E-state index in [9.17, 15) is 14.4 Å². The average Bonchev–Trinajstić information content (AvgIpc) is 3.32. The molecule has 0 unspecified atom stereocenters. The molecule has 11 heteroatoms. The van der Waals surface area contributed by atoms with Gasteiger partial charge in [0.15, 0.2) is 11.6 Å². The number of carbonyl (C=O) groups excluding carboxylic acids is 3. The van der Waals surface area contributed by atoms with E-state index >= 15 is 0 Å². The van der Waals surface area contributed by atoms with Crippen LogP contribution >= 0.6 is 23.2 Å². The summed E-state index contributed by atoms with van der Waals surface area (Å²) in [6, 6.07) is 19.7. The smallest absolute Gasteiger partial charge is 0.288 e. The van der Waals surface area contributed by atoms with Crippen LogP contribution in [0.25, 0.3) is 5.69 Å². The summed E-state index contributed by atoms with van der Waals surface area (Å²) in [5, 5.41) is 7.45. The molecule has 9 nitrogen and oxygen atoms in total. The van der Waals surface area contributed by atoms with Gasteiger partial charge in [-0.05, 0) is 42.3 Å². The van der Waals surface area contributed by atoms with Crippen LogP contribution < -0.4 is 16.8 Å². The fourth-order valence-electron chi connectivity index (χ4n) is 3.68. The van der Waals surface area contributed by atoms with E-state index in [2.05, 4.69) is 15.4 Å². The molecular formula is C26H22Cl2N6O3. The second kappa shape index (κ2) is 11.3. The molecule has 0 saturated carbocycles. The Morgan fingerprint density at radius 1 is 0.946 bits per heavy atom. The number of nitrogens with two attached hydrogens (primary N) is 2. The Morgan fingerprint density at radius 2 is 1.65 bits per heavy atom. The molecule has 0 aliphatic rings. The molecule has 4 rings (SSSR count). The van der Waals surface area contributed by atoms with Crippen LogP contribution in [0.3, 0.4) is 0 Å². The molecule has 0 radical (unpaired) electrons. The van der Waals surface area contributed by atoms with Crippen molar-refractivity contribution >= 4 is 40.8 Å². The van der Waals surface area contributed by atoms with Gasteiger partial charge in [0.2, 0.25) is 11.7 Å². The number of amides is 2. The molecule has 1 heterocycles. The summed E-state index contributed by atoms with van der Waals surface area (Å²) in [4.78, 5) is 42.1. The largest absolute Gasteiger partial charge is 0.363 e. The highest BCUT2D eigenvalue weighted by atomic mass is 35.5. The number of nitrogens with zero attached hydrogens (tertiary/aromatic N) is 3. The molecule has 3 aromatic carbocycles. The number of aromatic nitrogens is 3. The van der Waals surface area contributed by atoms with Crippen molar-refractivity contribution in [2.45, 2.75) is 19.0 Å². The van der Waals surface area contributed by atoms with Crippen LogP contribution in [0.15, 0.2) is 72.8 Å². The zero-order valence-electron chi connectivity index (χ0n) is 19.4. The SMILES string of the molecule is NC(=O)c1nc(CNC(=O)[C@@H](N)Cc2ccccc2)n(-c2ccc(Cl)cc2C(=O)c2ccccc2Cl)n1. The molecule has 0 saturated heterocycles. The molecule has 0 aliphatic heterocycles. The minimum Gasteiger partial charge on any atom is -0.363 e. The van der Waals surface area contributed by atoms with Crippen LogP contribution in [0.4, 0.5) is 0 Å². The molecule has 1 aromatic heterocycles. The highest BCUT2D eigenvalue weighted by molar-refractivity contribution is 6.35. The van der Waals surface area contributed by atoms with Crippen molar-refractivity contribution in [2.24, 2.45) is 11.5 Å². The topological polar surface area (TPSA) is 146 Å². The second-order valence-corrected chi connectivity index (χ2v) is 8.96. The van der Waals surface area contributed by atoms with E-state index in [0.29, 0.717) is 11.4 Å². The Hall–Kier alpha value is -4.05. The molecule has 188 valence electrons. The molecule has 2 amide bonds. The third-order valence-corrected chi connectivity index (χ3v) is 6.07. The average molecular weight is 537 g/mol. The van der Waals surface area contributed by atoms with Crippen LogP contribution in [0.5, 0.6) is 0 Å². The van der Waals surface area contributed by atoms with Gasteiger partial charge in [-0.2, -0.15) is 0 Å². The van der Waals surface area contributed by atoms with Crippen LogP contribution in [0.1, 0.15) is 37.9 Å². The molecule has 0 aliphatic carbocycles. The van der Waals surface area contributed by atoms with E-state index in [-0.39, 0.29) is 40.0 Å². The van der Waals surface area contributed by atoms with Crippen molar-refractivity contribution in [3.8, 4) is 5.69 Å². The molecule has 37 heavy (non-hydrogen) atoms. The van der Waals surface area contributed by atoms with E-state index in [1.54, 1.807) is 36.4 Å². The zero-order chi connectivity index (χ0) is 26.5. The van der Waals surface area contributed by atoms with Gasteiger partial charge in [0.25, 0.3) is 5.91 Å².